The minimum atomic E-state index is -0.658. The van der Waals surface area contributed by atoms with Gasteiger partial charge in [-0.05, 0) is 51.7 Å². The zero-order chi connectivity index (χ0) is 23.9. The number of hydrogen-bond donors (Lipinski definition) is 0. The first-order valence-electron chi connectivity index (χ1n) is 13.0. The first kappa shape index (κ1) is 27.4. The van der Waals surface area contributed by atoms with E-state index in [-0.39, 0.29) is 24.3 Å². The van der Waals surface area contributed by atoms with Crippen molar-refractivity contribution in [1.82, 2.24) is 0 Å². The van der Waals surface area contributed by atoms with Crippen LogP contribution < -0.4 is 0 Å². The molecular formula is C29H44O4. The van der Waals surface area contributed by atoms with E-state index in [2.05, 4.69) is 18.8 Å². The van der Waals surface area contributed by atoms with Gasteiger partial charge in [0.05, 0.1) is 11.7 Å². The van der Waals surface area contributed by atoms with Gasteiger partial charge in [0.25, 0.3) is 0 Å². The molecule has 1 saturated heterocycles. The zero-order valence-corrected chi connectivity index (χ0v) is 21.2. The van der Waals surface area contributed by atoms with Crippen LogP contribution in [0.5, 0.6) is 0 Å². The molecule has 4 heteroatoms. The molecule has 4 nitrogen and oxygen atoms in total. The van der Waals surface area contributed by atoms with E-state index >= 15 is 0 Å². The Kier molecular flexibility index (Phi) is 12.6. The number of unbranched alkanes of at least 4 members (excludes halogenated alkanes) is 8. The molecule has 0 radical (unpaired) electrons. The van der Waals surface area contributed by atoms with Gasteiger partial charge < -0.3 is 14.2 Å². The highest BCUT2D eigenvalue weighted by atomic mass is 16.8. The molecule has 184 valence electrons. The van der Waals surface area contributed by atoms with Gasteiger partial charge >= 0.3 is 5.97 Å². The van der Waals surface area contributed by atoms with E-state index in [1.54, 1.807) is 12.1 Å². The molecule has 0 amide bonds. The minimum Gasteiger partial charge on any atom is -0.456 e. The molecule has 1 heterocycles. The highest BCUT2D eigenvalue weighted by Gasteiger charge is 2.45. The van der Waals surface area contributed by atoms with E-state index in [0.29, 0.717) is 12.0 Å². The Morgan fingerprint density at radius 3 is 2.21 bits per heavy atom. The maximum Gasteiger partial charge on any atom is 0.338 e. The summed E-state index contributed by atoms with van der Waals surface area (Å²) < 4.78 is 18.2. The Bertz CT molecular complexity index is 731. The maximum absolute atomic E-state index is 12.6. The second-order valence-electron chi connectivity index (χ2n) is 9.47. The second-order valence-corrected chi connectivity index (χ2v) is 9.47. The Labute approximate surface area is 201 Å². The van der Waals surface area contributed by atoms with Crippen molar-refractivity contribution in [2.75, 3.05) is 0 Å². The summed E-state index contributed by atoms with van der Waals surface area (Å²) in [5.41, 5.74) is 0.565. The Morgan fingerprint density at radius 2 is 1.58 bits per heavy atom. The molecule has 3 atom stereocenters. The van der Waals surface area contributed by atoms with Crippen LogP contribution in [-0.2, 0) is 14.2 Å². The standard InChI is InChI=1S/C29H44O4/c1-5-7-8-9-10-11-12-13-14-15-16-20-23-26-27(33-29(3,4)32-26)25(6-2)31-28(30)24-21-18-17-19-22-24/h17-19,21-22,25-27H,5-10,13-16,20,23H2,1-4H3/t25-,26+,27-/m0/s1. The van der Waals surface area contributed by atoms with Gasteiger partial charge in [0, 0.05) is 12.8 Å². The van der Waals surface area contributed by atoms with E-state index in [1.165, 1.54) is 32.1 Å². The van der Waals surface area contributed by atoms with Crippen LogP contribution in [0, 0.1) is 11.8 Å². The molecule has 1 aliphatic heterocycles. The van der Waals surface area contributed by atoms with Crippen LogP contribution in [-0.4, -0.2) is 30.1 Å². The lowest BCUT2D eigenvalue weighted by Crippen LogP contribution is -2.38. The van der Waals surface area contributed by atoms with Gasteiger partial charge in [0.15, 0.2) is 5.79 Å². The quantitative estimate of drug-likeness (QED) is 0.166. The van der Waals surface area contributed by atoms with Crippen LogP contribution in [0.15, 0.2) is 30.3 Å². The van der Waals surface area contributed by atoms with Crippen LogP contribution in [0.4, 0.5) is 0 Å². The molecule has 0 aromatic heterocycles. The highest BCUT2D eigenvalue weighted by Crippen LogP contribution is 2.34. The van der Waals surface area contributed by atoms with E-state index < -0.39 is 5.79 Å². The van der Waals surface area contributed by atoms with Crippen molar-refractivity contribution in [3.63, 3.8) is 0 Å². The number of esters is 1. The summed E-state index contributed by atoms with van der Waals surface area (Å²) in [7, 11) is 0. The summed E-state index contributed by atoms with van der Waals surface area (Å²) in [4.78, 5) is 12.6. The van der Waals surface area contributed by atoms with Crippen molar-refractivity contribution < 1.29 is 19.0 Å². The van der Waals surface area contributed by atoms with Crippen molar-refractivity contribution in [3.05, 3.63) is 35.9 Å². The maximum atomic E-state index is 12.6. The van der Waals surface area contributed by atoms with Crippen LogP contribution in [0.2, 0.25) is 0 Å². The SMILES string of the molecule is CCCCCCC#CCCCCCC[C@H]1OC(C)(C)O[C@H]1[C@H](CC)OC(=O)c1ccccc1. The van der Waals surface area contributed by atoms with E-state index in [1.807, 2.05) is 39.0 Å². The van der Waals surface area contributed by atoms with Crippen LogP contribution in [0.1, 0.15) is 115 Å². The number of carbonyl (C=O) groups excluding carboxylic acids is 1. The second kappa shape index (κ2) is 15.1. The van der Waals surface area contributed by atoms with E-state index in [0.717, 1.165) is 38.5 Å². The Morgan fingerprint density at radius 1 is 0.939 bits per heavy atom. The predicted octanol–water partition coefficient (Wildman–Crippen LogP) is 7.46. The fraction of sp³-hybridized carbons (Fsp3) is 0.690. The third kappa shape index (κ3) is 10.3. The van der Waals surface area contributed by atoms with Gasteiger partial charge in [0.2, 0.25) is 0 Å². The van der Waals surface area contributed by atoms with Crippen LogP contribution in [0.3, 0.4) is 0 Å². The summed E-state index contributed by atoms with van der Waals surface area (Å²) in [5.74, 6) is 5.67. The van der Waals surface area contributed by atoms with Crippen LogP contribution in [0.25, 0.3) is 0 Å². The molecule has 0 bridgehead atoms. The summed E-state index contributed by atoms with van der Waals surface area (Å²) in [6, 6.07) is 9.14. The van der Waals surface area contributed by atoms with Crippen molar-refractivity contribution in [2.24, 2.45) is 0 Å². The highest BCUT2D eigenvalue weighted by molar-refractivity contribution is 5.89. The molecule has 33 heavy (non-hydrogen) atoms. The fourth-order valence-corrected chi connectivity index (χ4v) is 4.29. The first-order chi connectivity index (χ1) is 16.0. The molecule has 2 rings (SSSR count). The third-order valence-electron chi connectivity index (χ3n) is 6.08. The van der Waals surface area contributed by atoms with Crippen molar-refractivity contribution >= 4 is 5.97 Å². The summed E-state index contributed by atoms with van der Waals surface area (Å²) >= 11 is 0. The van der Waals surface area contributed by atoms with E-state index in [4.69, 9.17) is 14.2 Å². The van der Waals surface area contributed by atoms with E-state index in [9.17, 15) is 4.79 Å². The van der Waals surface area contributed by atoms with Gasteiger partial charge in [-0.25, -0.2) is 4.79 Å². The van der Waals surface area contributed by atoms with Crippen molar-refractivity contribution in [1.29, 1.82) is 0 Å². The number of hydrogen-bond acceptors (Lipinski definition) is 4. The zero-order valence-electron chi connectivity index (χ0n) is 21.2. The van der Waals surface area contributed by atoms with Gasteiger partial charge in [0.1, 0.15) is 12.2 Å². The normalized spacial score (nSPS) is 20.1. The lowest BCUT2D eigenvalue weighted by Gasteiger charge is -2.26. The van der Waals surface area contributed by atoms with Crippen molar-refractivity contribution in [2.45, 2.75) is 129 Å². The largest absolute Gasteiger partial charge is 0.456 e. The van der Waals surface area contributed by atoms with Crippen LogP contribution >= 0.6 is 0 Å². The molecule has 1 fully saturated rings. The van der Waals surface area contributed by atoms with Gasteiger partial charge in [-0.2, -0.15) is 0 Å². The summed E-state index contributed by atoms with van der Waals surface area (Å²) in [6.07, 6.45) is 12.8. The third-order valence-corrected chi connectivity index (χ3v) is 6.08. The lowest BCUT2D eigenvalue weighted by molar-refractivity contribution is -0.156. The monoisotopic (exact) mass is 456 g/mol. The fourth-order valence-electron chi connectivity index (χ4n) is 4.29. The molecule has 0 spiro atoms. The smallest absolute Gasteiger partial charge is 0.338 e. The molecule has 0 saturated carbocycles. The van der Waals surface area contributed by atoms with Crippen molar-refractivity contribution in [3.8, 4) is 11.8 Å². The Balaban J connectivity index is 1.73. The molecule has 1 aromatic rings. The molecule has 1 aromatic carbocycles. The molecular weight excluding hydrogens is 412 g/mol. The molecule has 0 N–H and O–H groups in total. The van der Waals surface area contributed by atoms with Gasteiger partial charge in [-0.3, -0.25) is 0 Å². The average molecular weight is 457 g/mol. The first-order valence-corrected chi connectivity index (χ1v) is 13.0. The number of rotatable bonds is 14. The summed E-state index contributed by atoms with van der Waals surface area (Å²) in [5, 5.41) is 0. The molecule has 1 aliphatic rings. The number of ether oxygens (including phenoxy) is 3. The summed E-state index contributed by atoms with van der Waals surface area (Å²) in [6.45, 7) is 8.14. The topological polar surface area (TPSA) is 44.8 Å². The lowest BCUT2D eigenvalue weighted by atomic mass is 9.99. The molecule has 0 aliphatic carbocycles. The average Bonchev–Trinajstić information content (AvgIpc) is 3.12. The Hall–Kier alpha value is -1.83. The van der Waals surface area contributed by atoms with Gasteiger partial charge in [-0.15, -0.1) is 11.8 Å². The van der Waals surface area contributed by atoms with Gasteiger partial charge in [-0.1, -0.05) is 70.6 Å². The number of carbonyl (C=O) groups is 1. The number of benzene rings is 1. The molecule has 0 unspecified atom stereocenters. The minimum absolute atomic E-state index is 0.0589. The predicted molar refractivity (Wildman–Crippen MR) is 134 cm³/mol.